The minimum Gasteiger partial charge on any atom is -0.383 e. The van der Waals surface area contributed by atoms with Crippen LogP contribution in [0.3, 0.4) is 0 Å². The lowest BCUT2D eigenvalue weighted by Gasteiger charge is -2.21. The molecule has 0 aromatic heterocycles. The van der Waals surface area contributed by atoms with Crippen molar-refractivity contribution in [3.63, 3.8) is 0 Å². The molecule has 1 aromatic rings. The lowest BCUT2D eigenvalue weighted by atomic mass is 9.97. The molecule has 0 saturated heterocycles. The second kappa shape index (κ2) is 8.08. The lowest BCUT2D eigenvalue weighted by Crippen LogP contribution is -2.21. The second-order valence-corrected chi connectivity index (χ2v) is 5.88. The van der Waals surface area contributed by atoms with Crippen molar-refractivity contribution in [2.45, 2.75) is 66.0 Å². The molecule has 108 valence electrons. The molecule has 0 radical (unpaired) electrons. The Morgan fingerprint density at radius 3 is 1.79 bits per heavy atom. The van der Waals surface area contributed by atoms with Gasteiger partial charge in [-0.15, -0.1) is 0 Å². The van der Waals surface area contributed by atoms with Crippen molar-refractivity contribution in [2.75, 3.05) is 10.6 Å². The summed E-state index contributed by atoms with van der Waals surface area (Å²) in [5.74, 6) is 0.791. The summed E-state index contributed by atoms with van der Waals surface area (Å²) in [7, 11) is 0. The van der Waals surface area contributed by atoms with Crippen molar-refractivity contribution < 1.29 is 0 Å². The van der Waals surface area contributed by atoms with Crippen molar-refractivity contribution in [3.8, 4) is 0 Å². The third-order valence-corrected chi connectivity index (χ3v) is 3.59. The van der Waals surface area contributed by atoms with Crippen LogP contribution in [0.4, 0.5) is 11.4 Å². The molecule has 0 amide bonds. The van der Waals surface area contributed by atoms with Crippen molar-refractivity contribution >= 4 is 11.4 Å². The Hall–Kier alpha value is -1.18. The van der Waals surface area contributed by atoms with Gasteiger partial charge in [0.25, 0.3) is 0 Å². The highest BCUT2D eigenvalue weighted by Gasteiger charge is 2.10. The van der Waals surface area contributed by atoms with Gasteiger partial charge in [-0.3, -0.25) is 0 Å². The van der Waals surface area contributed by atoms with Crippen molar-refractivity contribution in [1.29, 1.82) is 0 Å². The van der Waals surface area contributed by atoms with E-state index in [4.69, 9.17) is 0 Å². The van der Waals surface area contributed by atoms with E-state index in [2.05, 4.69) is 69.5 Å². The van der Waals surface area contributed by atoms with Crippen LogP contribution in [0, 0.1) is 5.92 Å². The summed E-state index contributed by atoms with van der Waals surface area (Å²) < 4.78 is 0. The molecule has 0 bridgehead atoms. The Kier molecular flexibility index (Phi) is 6.75. The molecule has 0 aliphatic heterocycles. The van der Waals surface area contributed by atoms with Gasteiger partial charge in [-0.1, -0.05) is 27.2 Å². The first-order valence-electron chi connectivity index (χ1n) is 7.68. The smallest absolute Gasteiger partial charge is 0.0343 e. The van der Waals surface area contributed by atoms with Gasteiger partial charge in [0, 0.05) is 23.5 Å². The molecule has 2 nitrogen and oxygen atoms in total. The first kappa shape index (κ1) is 15.9. The maximum Gasteiger partial charge on any atom is 0.0343 e. The molecule has 2 heteroatoms. The second-order valence-electron chi connectivity index (χ2n) is 5.88. The average molecular weight is 262 g/mol. The monoisotopic (exact) mass is 262 g/mol. The SMILES string of the molecule is CCC(C)CC(CC)Nc1ccc(NC(C)C)cc1. The van der Waals surface area contributed by atoms with E-state index in [-0.39, 0.29) is 0 Å². The molecule has 1 rings (SSSR count). The molecule has 1 aromatic carbocycles. The van der Waals surface area contributed by atoms with Gasteiger partial charge in [0.15, 0.2) is 0 Å². The third-order valence-electron chi connectivity index (χ3n) is 3.59. The van der Waals surface area contributed by atoms with Crippen LogP contribution >= 0.6 is 0 Å². The van der Waals surface area contributed by atoms with Gasteiger partial charge in [-0.25, -0.2) is 0 Å². The van der Waals surface area contributed by atoms with Crippen molar-refractivity contribution in [1.82, 2.24) is 0 Å². The summed E-state index contributed by atoms with van der Waals surface area (Å²) in [5, 5.41) is 7.06. The molecule has 0 fully saturated rings. The largest absolute Gasteiger partial charge is 0.383 e. The minimum absolute atomic E-state index is 0.479. The molecule has 0 aliphatic rings. The zero-order chi connectivity index (χ0) is 14.3. The van der Waals surface area contributed by atoms with E-state index in [1.165, 1.54) is 30.6 Å². The average Bonchev–Trinajstić information content (AvgIpc) is 2.39. The quantitative estimate of drug-likeness (QED) is 0.678. The van der Waals surface area contributed by atoms with Gasteiger partial charge in [-0.05, 0) is 56.9 Å². The van der Waals surface area contributed by atoms with E-state index in [0.717, 1.165) is 5.92 Å². The van der Waals surface area contributed by atoms with Crippen LogP contribution in [-0.4, -0.2) is 12.1 Å². The standard InChI is InChI=1S/C17H30N2/c1-6-14(5)12-15(7-2)19-17-10-8-16(9-11-17)18-13(3)4/h8-11,13-15,18-19H,6-7,12H2,1-5H3. The number of benzene rings is 1. The molecule has 2 atom stereocenters. The van der Waals surface area contributed by atoms with Gasteiger partial charge in [-0.2, -0.15) is 0 Å². The predicted molar refractivity (Wildman–Crippen MR) is 87.0 cm³/mol. The molecule has 0 saturated carbocycles. The van der Waals surface area contributed by atoms with Crippen molar-refractivity contribution in [3.05, 3.63) is 24.3 Å². The summed E-state index contributed by atoms with van der Waals surface area (Å²) in [5.41, 5.74) is 2.42. The Labute approximate surface area is 119 Å². The molecule has 2 N–H and O–H groups in total. The fourth-order valence-corrected chi connectivity index (χ4v) is 2.21. The minimum atomic E-state index is 0.479. The van der Waals surface area contributed by atoms with Crippen LogP contribution in [0.25, 0.3) is 0 Å². The van der Waals surface area contributed by atoms with Crippen LogP contribution in [0.1, 0.15) is 53.9 Å². The van der Waals surface area contributed by atoms with Crippen LogP contribution in [0.2, 0.25) is 0 Å². The van der Waals surface area contributed by atoms with Crippen LogP contribution in [-0.2, 0) is 0 Å². The number of hydrogen-bond donors (Lipinski definition) is 2. The van der Waals surface area contributed by atoms with Crippen LogP contribution in [0.15, 0.2) is 24.3 Å². The van der Waals surface area contributed by atoms with Crippen molar-refractivity contribution in [2.24, 2.45) is 5.92 Å². The number of nitrogens with one attached hydrogen (secondary N) is 2. The van der Waals surface area contributed by atoms with Crippen LogP contribution < -0.4 is 10.6 Å². The molecule has 0 heterocycles. The molecule has 0 spiro atoms. The first-order valence-corrected chi connectivity index (χ1v) is 7.68. The van der Waals surface area contributed by atoms with Gasteiger partial charge in [0.1, 0.15) is 0 Å². The number of rotatable bonds is 8. The molecular formula is C17H30N2. The van der Waals surface area contributed by atoms with E-state index in [0.29, 0.717) is 12.1 Å². The van der Waals surface area contributed by atoms with E-state index in [9.17, 15) is 0 Å². The highest BCUT2D eigenvalue weighted by molar-refractivity contribution is 5.54. The Bertz CT molecular complexity index is 343. The summed E-state index contributed by atoms with van der Waals surface area (Å²) in [4.78, 5) is 0. The van der Waals surface area contributed by atoms with E-state index >= 15 is 0 Å². The van der Waals surface area contributed by atoms with Gasteiger partial charge >= 0.3 is 0 Å². The predicted octanol–water partition coefficient (Wildman–Crippen LogP) is 5.13. The summed E-state index contributed by atoms with van der Waals surface area (Å²) >= 11 is 0. The molecule has 19 heavy (non-hydrogen) atoms. The molecule has 0 aliphatic carbocycles. The first-order chi connectivity index (χ1) is 9.05. The summed E-state index contributed by atoms with van der Waals surface area (Å²) in [6, 6.07) is 9.70. The Morgan fingerprint density at radius 2 is 1.37 bits per heavy atom. The van der Waals surface area contributed by atoms with Crippen LogP contribution in [0.5, 0.6) is 0 Å². The summed E-state index contributed by atoms with van der Waals surface area (Å²) in [6.45, 7) is 11.2. The normalized spacial score (nSPS) is 14.2. The highest BCUT2D eigenvalue weighted by Crippen LogP contribution is 2.19. The zero-order valence-electron chi connectivity index (χ0n) is 13.2. The maximum atomic E-state index is 3.65. The molecular weight excluding hydrogens is 232 g/mol. The Balaban J connectivity index is 2.55. The maximum absolute atomic E-state index is 3.65. The third kappa shape index (κ3) is 6.00. The van der Waals surface area contributed by atoms with E-state index in [1.54, 1.807) is 0 Å². The van der Waals surface area contributed by atoms with Gasteiger partial charge in [0.2, 0.25) is 0 Å². The summed E-state index contributed by atoms with van der Waals surface area (Å²) in [6.07, 6.45) is 3.69. The van der Waals surface area contributed by atoms with Gasteiger partial charge < -0.3 is 10.6 Å². The lowest BCUT2D eigenvalue weighted by molar-refractivity contribution is 0.462. The van der Waals surface area contributed by atoms with E-state index in [1.807, 2.05) is 0 Å². The fourth-order valence-electron chi connectivity index (χ4n) is 2.21. The topological polar surface area (TPSA) is 24.1 Å². The van der Waals surface area contributed by atoms with E-state index < -0.39 is 0 Å². The highest BCUT2D eigenvalue weighted by atomic mass is 14.9. The Morgan fingerprint density at radius 1 is 0.842 bits per heavy atom. The van der Waals surface area contributed by atoms with Gasteiger partial charge in [0.05, 0.1) is 0 Å². The number of hydrogen-bond acceptors (Lipinski definition) is 2. The molecule has 2 unspecified atom stereocenters. The number of anilines is 2. The zero-order valence-corrected chi connectivity index (χ0v) is 13.2. The fraction of sp³-hybridized carbons (Fsp3) is 0.647.